The molecule has 0 unspecified atom stereocenters. The number of ether oxygens (including phenoxy) is 3. The van der Waals surface area contributed by atoms with Crippen LogP contribution in [-0.4, -0.2) is 29.7 Å². The second-order valence-corrected chi connectivity index (χ2v) is 6.32. The molecule has 0 atom stereocenters. The summed E-state index contributed by atoms with van der Waals surface area (Å²) in [5.74, 6) is -0.758. The van der Waals surface area contributed by atoms with Gasteiger partial charge in [0.25, 0.3) is 0 Å². The number of hydrogen-bond acceptors (Lipinski definition) is 5. The molecule has 6 nitrogen and oxygen atoms in total. The summed E-state index contributed by atoms with van der Waals surface area (Å²) in [6.45, 7) is 6.23. The fourth-order valence-electron chi connectivity index (χ4n) is 3.23. The number of nitrogens with zero attached hydrogens (tertiary/aromatic N) is 1. The zero-order chi connectivity index (χ0) is 21.0. The molecule has 0 radical (unpaired) electrons. The van der Waals surface area contributed by atoms with E-state index in [2.05, 4.69) is 0 Å². The summed E-state index contributed by atoms with van der Waals surface area (Å²) >= 11 is 0. The molecule has 0 saturated heterocycles. The average molecular weight is 399 g/mol. The minimum Gasteiger partial charge on any atom is -0.482 e. The van der Waals surface area contributed by atoms with Crippen LogP contribution in [0.4, 0.5) is 4.39 Å². The van der Waals surface area contributed by atoms with Crippen LogP contribution in [0.25, 0.3) is 10.9 Å². The molecule has 1 heterocycles. The molecule has 2 aromatic carbocycles. The Bertz CT molecular complexity index is 1040. The van der Waals surface area contributed by atoms with Gasteiger partial charge in [0.1, 0.15) is 17.3 Å². The maximum atomic E-state index is 12.9. The Morgan fingerprint density at radius 1 is 1.03 bits per heavy atom. The molecular formula is C22H22FNO5. The largest absolute Gasteiger partial charge is 0.482 e. The monoisotopic (exact) mass is 399 g/mol. The standard InChI is InChI=1S/C22H22FNO5/c1-4-24-14(3)21(22(26)27-5-2)18-12-17(10-11-19(18)24)29-20(25)13-28-16-8-6-15(23)7-9-16/h6-12H,4-5,13H2,1-3H3. The van der Waals surface area contributed by atoms with Gasteiger partial charge in [-0.2, -0.15) is 0 Å². The van der Waals surface area contributed by atoms with Crippen molar-refractivity contribution in [3.63, 3.8) is 0 Å². The molecule has 29 heavy (non-hydrogen) atoms. The number of fused-ring (bicyclic) bond motifs is 1. The van der Waals surface area contributed by atoms with E-state index in [1.807, 2.05) is 18.4 Å². The van der Waals surface area contributed by atoms with Crippen LogP contribution in [0.1, 0.15) is 29.9 Å². The van der Waals surface area contributed by atoms with E-state index < -0.39 is 11.9 Å². The van der Waals surface area contributed by atoms with E-state index in [4.69, 9.17) is 14.2 Å². The first-order valence-electron chi connectivity index (χ1n) is 9.33. The van der Waals surface area contributed by atoms with Gasteiger partial charge in [-0.25, -0.2) is 14.0 Å². The Balaban J connectivity index is 1.81. The molecule has 0 spiro atoms. The van der Waals surface area contributed by atoms with Crippen molar-refractivity contribution in [1.82, 2.24) is 4.57 Å². The number of hydrogen-bond donors (Lipinski definition) is 0. The van der Waals surface area contributed by atoms with Gasteiger partial charge in [0.2, 0.25) is 0 Å². The van der Waals surface area contributed by atoms with Crippen LogP contribution in [0.3, 0.4) is 0 Å². The highest BCUT2D eigenvalue weighted by Gasteiger charge is 2.21. The number of aryl methyl sites for hydroxylation is 1. The summed E-state index contributed by atoms with van der Waals surface area (Å²) < 4.78 is 30.7. The summed E-state index contributed by atoms with van der Waals surface area (Å²) in [6.07, 6.45) is 0. The van der Waals surface area contributed by atoms with Crippen molar-refractivity contribution in [3.8, 4) is 11.5 Å². The van der Waals surface area contributed by atoms with Crippen molar-refractivity contribution < 1.29 is 28.2 Å². The lowest BCUT2D eigenvalue weighted by Crippen LogP contribution is -2.17. The van der Waals surface area contributed by atoms with Gasteiger partial charge >= 0.3 is 11.9 Å². The first-order valence-corrected chi connectivity index (χ1v) is 9.33. The zero-order valence-electron chi connectivity index (χ0n) is 16.5. The van der Waals surface area contributed by atoms with Gasteiger partial charge in [-0.15, -0.1) is 0 Å². The summed E-state index contributed by atoms with van der Waals surface area (Å²) in [5.41, 5.74) is 2.11. The number of esters is 2. The first kappa shape index (κ1) is 20.4. The summed E-state index contributed by atoms with van der Waals surface area (Å²) in [4.78, 5) is 24.6. The summed E-state index contributed by atoms with van der Waals surface area (Å²) in [7, 11) is 0. The van der Waals surface area contributed by atoms with E-state index in [1.165, 1.54) is 24.3 Å². The van der Waals surface area contributed by atoms with Gasteiger partial charge < -0.3 is 18.8 Å². The Morgan fingerprint density at radius 2 is 1.72 bits per heavy atom. The van der Waals surface area contributed by atoms with E-state index in [0.29, 0.717) is 29.0 Å². The lowest BCUT2D eigenvalue weighted by molar-refractivity contribution is -0.136. The van der Waals surface area contributed by atoms with Gasteiger partial charge in [-0.3, -0.25) is 0 Å². The van der Waals surface area contributed by atoms with Crippen LogP contribution < -0.4 is 9.47 Å². The van der Waals surface area contributed by atoms with Gasteiger partial charge in [0.05, 0.1) is 12.2 Å². The number of halogens is 1. The Kier molecular flexibility index (Phi) is 6.16. The fourth-order valence-corrected chi connectivity index (χ4v) is 3.23. The first-order chi connectivity index (χ1) is 13.9. The van der Waals surface area contributed by atoms with Crippen LogP contribution in [0.2, 0.25) is 0 Å². The number of carbonyl (C=O) groups excluding carboxylic acids is 2. The predicted molar refractivity (Wildman–Crippen MR) is 106 cm³/mol. The van der Waals surface area contributed by atoms with E-state index in [-0.39, 0.29) is 19.0 Å². The maximum absolute atomic E-state index is 12.9. The molecule has 0 bridgehead atoms. The van der Waals surface area contributed by atoms with Gasteiger partial charge in [0, 0.05) is 23.1 Å². The minimum atomic E-state index is -0.613. The molecule has 0 aliphatic heterocycles. The molecule has 0 fully saturated rings. The van der Waals surface area contributed by atoms with Crippen molar-refractivity contribution in [1.29, 1.82) is 0 Å². The Morgan fingerprint density at radius 3 is 2.38 bits per heavy atom. The van der Waals surface area contributed by atoms with Gasteiger partial charge in [-0.1, -0.05) is 0 Å². The van der Waals surface area contributed by atoms with Crippen LogP contribution in [-0.2, 0) is 16.1 Å². The molecule has 3 aromatic rings. The van der Waals surface area contributed by atoms with Gasteiger partial charge in [-0.05, 0) is 63.2 Å². The molecule has 3 rings (SSSR count). The van der Waals surface area contributed by atoms with Crippen LogP contribution >= 0.6 is 0 Å². The van der Waals surface area contributed by atoms with Crippen molar-refractivity contribution in [3.05, 3.63) is 59.5 Å². The lowest BCUT2D eigenvalue weighted by Gasteiger charge is -2.08. The van der Waals surface area contributed by atoms with Crippen molar-refractivity contribution in [2.75, 3.05) is 13.2 Å². The summed E-state index contributed by atoms with van der Waals surface area (Å²) in [6, 6.07) is 10.5. The normalized spacial score (nSPS) is 10.8. The molecule has 0 aliphatic rings. The third-order valence-corrected chi connectivity index (χ3v) is 4.49. The predicted octanol–water partition coefficient (Wildman–Crippen LogP) is 4.27. The number of carbonyl (C=O) groups is 2. The second-order valence-electron chi connectivity index (χ2n) is 6.32. The van der Waals surface area contributed by atoms with E-state index >= 15 is 0 Å². The highest BCUT2D eigenvalue weighted by atomic mass is 19.1. The maximum Gasteiger partial charge on any atom is 0.349 e. The van der Waals surface area contributed by atoms with Crippen molar-refractivity contribution in [2.45, 2.75) is 27.3 Å². The van der Waals surface area contributed by atoms with E-state index in [9.17, 15) is 14.0 Å². The molecular weight excluding hydrogens is 377 g/mol. The van der Waals surface area contributed by atoms with Crippen molar-refractivity contribution >= 4 is 22.8 Å². The van der Waals surface area contributed by atoms with E-state index in [0.717, 1.165) is 11.2 Å². The van der Waals surface area contributed by atoms with Crippen LogP contribution in [0, 0.1) is 12.7 Å². The third-order valence-electron chi connectivity index (χ3n) is 4.49. The number of benzene rings is 2. The fraction of sp³-hybridized carbons (Fsp3) is 0.273. The molecule has 7 heteroatoms. The highest BCUT2D eigenvalue weighted by molar-refractivity contribution is 6.06. The molecule has 0 amide bonds. The second kappa shape index (κ2) is 8.77. The van der Waals surface area contributed by atoms with Gasteiger partial charge in [0.15, 0.2) is 6.61 Å². The molecule has 0 N–H and O–H groups in total. The highest BCUT2D eigenvalue weighted by Crippen LogP contribution is 2.30. The zero-order valence-corrected chi connectivity index (χ0v) is 16.5. The quantitative estimate of drug-likeness (QED) is 0.438. The lowest BCUT2D eigenvalue weighted by atomic mass is 10.1. The summed E-state index contributed by atoms with van der Waals surface area (Å²) in [5, 5.41) is 0.660. The smallest absolute Gasteiger partial charge is 0.349 e. The Labute approximate surface area is 167 Å². The number of rotatable bonds is 7. The number of aromatic nitrogens is 1. The molecule has 1 aromatic heterocycles. The molecule has 0 aliphatic carbocycles. The average Bonchev–Trinajstić information content (AvgIpc) is 2.98. The Hall–Kier alpha value is -3.35. The molecule has 152 valence electrons. The molecule has 0 saturated carbocycles. The van der Waals surface area contributed by atoms with Crippen LogP contribution in [0.5, 0.6) is 11.5 Å². The third kappa shape index (κ3) is 4.39. The van der Waals surface area contributed by atoms with Crippen LogP contribution in [0.15, 0.2) is 42.5 Å². The van der Waals surface area contributed by atoms with Crippen molar-refractivity contribution in [2.24, 2.45) is 0 Å². The van der Waals surface area contributed by atoms with E-state index in [1.54, 1.807) is 25.1 Å². The minimum absolute atomic E-state index is 0.270. The topological polar surface area (TPSA) is 66.8 Å². The SMILES string of the molecule is CCOC(=O)c1c(C)n(CC)c2ccc(OC(=O)COc3ccc(F)cc3)cc12.